The zero-order valence-electron chi connectivity index (χ0n) is 13.9. The molecule has 0 aliphatic rings. The normalized spacial score (nSPS) is 10.9. The van der Waals surface area contributed by atoms with E-state index in [1.807, 2.05) is 42.5 Å². The fraction of sp³-hybridized carbons (Fsp3) is 0.200. The molecular formula is C20H20N2O3. The lowest BCUT2D eigenvalue weighted by Gasteiger charge is -2.21. The Labute approximate surface area is 146 Å². The second-order valence-corrected chi connectivity index (χ2v) is 5.95. The average Bonchev–Trinajstić information content (AvgIpc) is 3.14. The highest BCUT2D eigenvalue weighted by atomic mass is 16.6. The second-order valence-electron chi connectivity index (χ2n) is 5.95. The molecule has 0 radical (unpaired) electrons. The van der Waals surface area contributed by atoms with Gasteiger partial charge in [0.05, 0.1) is 17.7 Å². The zero-order chi connectivity index (χ0) is 17.5. The van der Waals surface area contributed by atoms with Crippen molar-refractivity contribution in [2.24, 2.45) is 0 Å². The van der Waals surface area contributed by atoms with Crippen molar-refractivity contribution < 1.29 is 9.34 Å². The van der Waals surface area contributed by atoms with Gasteiger partial charge in [-0.05, 0) is 29.7 Å². The minimum atomic E-state index is -0.373. The molecule has 5 nitrogen and oxygen atoms in total. The summed E-state index contributed by atoms with van der Waals surface area (Å²) in [6, 6.07) is 21.0. The van der Waals surface area contributed by atoms with Gasteiger partial charge in [0.2, 0.25) is 0 Å². The molecule has 0 spiro atoms. The van der Waals surface area contributed by atoms with Gasteiger partial charge in [-0.25, -0.2) is 0 Å². The van der Waals surface area contributed by atoms with Gasteiger partial charge in [0.25, 0.3) is 5.69 Å². The highest BCUT2D eigenvalue weighted by Gasteiger charge is 2.10. The highest BCUT2D eigenvalue weighted by Crippen LogP contribution is 2.15. The maximum absolute atomic E-state index is 10.7. The van der Waals surface area contributed by atoms with Gasteiger partial charge in [-0.1, -0.05) is 42.5 Å². The molecule has 5 heteroatoms. The van der Waals surface area contributed by atoms with Gasteiger partial charge in [-0.2, -0.15) is 0 Å². The molecule has 128 valence electrons. The summed E-state index contributed by atoms with van der Waals surface area (Å²) in [5, 5.41) is 10.7. The summed E-state index contributed by atoms with van der Waals surface area (Å²) in [7, 11) is 0. The summed E-state index contributed by atoms with van der Waals surface area (Å²) < 4.78 is 5.48. The van der Waals surface area contributed by atoms with Crippen LogP contribution in [0.2, 0.25) is 0 Å². The molecule has 0 atom stereocenters. The summed E-state index contributed by atoms with van der Waals surface area (Å²) in [5.41, 5.74) is 2.46. The predicted molar refractivity (Wildman–Crippen MR) is 96.1 cm³/mol. The first-order chi connectivity index (χ1) is 12.2. The Balaban J connectivity index is 1.65. The van der Waals surface area contributed by atoms with Crippen LogP contribution in [-0.4, -0.2) is 16.4 Å². The van der Waals surface area contributed by atoms with Crippen LogP contribution in [0.25, 0.3) is 0 Å². The quantitative estimate of drug-likeness (QED) is 0.451. The van der Waals surface area contributed by atoms with E-state index in [2.05, 4.69) is 17.0 Å². The molecular weight excluding hydrogens is 316 g/mol. The maximum Gasteiger partial charge on any atom is 0.269 e. The fourth-order valence-corrected chi connectivity index (χ4v) is 2.75. The third-order valence-electron chi connectivity index (χ3n) is 4.07. The van der Waals surface area contributed by atoms with Crippen molar-refractivity contribution in [2.75, 3.05) is 6.54 Å². The third kappa shape index (κ3) is 5.02. The van der Waals surface area contributed by atoms with Gasteiger partial charge in [0.15, 0.2) is 0 Å². The summed E-state index contributed by atoms with van der Waals surface area (Å²) in [5.74, 6) is 0.930. The summed E-state index contributed by atoms with van der Waals surface area (Å²) in [4.78, 5) is 12.7. The summed E-state index contributed by atoms with van der Waals surface area (Å²) in [6.45, 7) is 2.40. The molecule has 2 aromatic carbocycles. The number of furan rings is 1. The maximum atomic E-state index is 10.7. The molecule has 0 bridgehead atoms. The van der Waals surface area contributed by atoms with Crippen LogP contribution in [0.5, 0.6) is 0 Å². The highest BCUT2D eigenvalue weighted by molar-refractivity contribution is 5.33. The van der Waals surface area contributed by atoms with Gasteiger partial charge >= 0.3 is 0 Å². The Morgan fingerprint density at radius 2 is 1.64 bits per heavy atom. The van der Waals surface area contributed by atoms with Gasteiger partial charge in [-0.3, -0.25) is 15.0 Å². The van der Waals surface area contributed by atoms with Crippen molar-refractivity contribution in [3.05, 3.63) is 100.0 Å². The van der Waals surface area contributed by atoms with Crippen LogP contribution >= 0.6 is 0 Å². The Hall–Kier alpha value is -2.92. The van der Waals surface area contributed by atoms with E-state index in [0.717, 1.165) is 37.4 Å². The average molecular weight is 336 g/mol. The molecule has 25 heavy (non-hydrogen) atoms. The van der Waals surface area contributed by atoms with E-state index in [1.54, 1.807) is 18.4 Å². The lowest BCUT2D eigenvalue weighted by Crippen LogP contribution is -2.25. The Morgan fingerprint density at radius 1 is 0.880 bits per heavy atom. The number of nitro benzene ring substituents is 1. The largest absolute Gasteiger partial charge is 0.468 e. The topological polar surface area (TPSA) is 59.5 Å². The lowest BCUT2D eigenvalue weighted by molar-refractivity contribution is -0.384. The first-order valence-electron chi connectivity index (χ1n) is 8.23. The number of hydrogen-bond donors (Lipinski definition) is 0. The van der Waals surface area contributed by atoms with Crippen LogP contribution in [0.3, 0.4) is 0 Å². The zero-order valence-corrected chi connectivity index (χ0v) is 13.9. The second kappa shape index (κ2) is 8.26. The smallest absolute Gasteiger partial charge is 0.269 e. The van der Waals surface area contributed by atoms with Crippen LogP contribution in [-0.2, 0) is 19.5 Å². The van der Waals surface area contributed by atoms with E-state index in [1.165, 1.54) is 5.56 Å². The Kier molecular flexibility index (Phi) is 5.59. The van der Waals surface area contributed by atoms with Gasteiger partial charge in [-0.15, -0.1) is 0 Å². The molecule has 0 amide bonds. The van der Waals surface area contributed by atoms with Crippen LogP contribution in [0, 0.1) is 10.1 Å². The summed E-state index contributed by atoms with van der Waals surface area (Å²) >= 11 is 0. The third-order valence-corrected chi connectivity index (χ3v) is 4.07. The van der Waals surface area contributed by atoms with Crippen molar-refractivity contribution >= 4 is 5.69 Å². The number of nitro groups is 1. The molecule has 3 rings (SSSR count). The van der Waals surface area contributed by atoms with Crippen LogP contribution in [0.4, 0.5) is 5.69 Å². The molecule has 0 aliphatic heterocycles. The standard InChI is InChI=1S/C20H20N2O3/c23-22(24)19-10-8-17(9-11-19)12-13-21(16-20-7-4-14-25-20)15-18-5-2-1-3-6-18/h1-11,14H,12-13,15-16H2. The SMILES string of the molecule is O=[N+]([O-])c1ccc(CCN(Cc2ccccc2)Cc2ccco2)cc1. The number of benzene rings is 2. The lowest BCUT2D eigenvalue weighted by atomic mass is 10.1. The van der Waals surface area contributed by atoms with E-state index in [4.69, 9.17) is 4.42 Å². The minimum Gasteiger partial charge on any atom is -0.468 e. The molecule has 1 heterocycles. The molecule has 0 aliphatic carbocycles. The van der Waals surface area contributed by atoms with Crippen molar-refractivity contribution in [1.29, 1.82) is 0 Å². The van der Waals surface area contributed by atoms with E-state index < -0.39 is 0 Å². The molecule has 0 fully saturated rings. The van der Waals surface area contributed by atoms with E-state index >= 15 is 0 Å². The van der Waals surface area contributed by atoms with E-state index in [-0.39, 0.29) is 10.6 Å². The monoisotopic (exact) mass is 336 g/mol. The molecule has 1 aromatic heterocycles. The Morgan fingerprint density at radius 3 is 2.28 bits per heavy atom. The first-order valence-corrected chi connectivity index (χ1v) is 8.23. The van der Waals surface area contributed by atoms with Crippen molar-refractivity contribution in [3.63, 3.8) is 0 Å². The number of nitrogens with zero attached hydrogens (tertiary/aromatic N) is 2. The van der Waals surface area contributed by atoms with E-state index in [9.17, 15) is 10.1 Å². The van der Waals surface area contributed by atoms with Gasteiger partial charge in [0.1, 0.15) is 5.76 Å². The fourth-order valence-electron chi connectivity index (χ4n) is 2.75. The number of non-ortho nitro benzene ring substituents is 1. The first kappa shape index (κ1) is 16.9. The molecule has 0 N–H and O–H groups in total. The summed E-state index contributed by atoms with van der Waals surface area (Å²) in [6.07, 6.45) is 2.51. The molecule has 0 unspecified atom stereocenters. The molecule has 0 saturated heterocycles. The number of rotatable bonds is 8. The predicted octanol–water partition coefficient (Wildman–Crippen LogP) is 4.43. The van der Waals surface area contributed by atoms with Gasteiger partial charge < -0.3 is 4.42 Å². The minimum absolute atomic E-state index is 0.125. The van der Waals surface area contributed by atoms with E-state index in [0.29, 0.717) is 0 Å². The molecule has 0 saturated carbocycles. The Bertz CT molecular complexity index is 784. The van der Waals surface area contributed by atoms with Crippen LogP contribution in [0.1, 0.15) is 16.9 Å². The van der Waals surface area contributed by atoms with Crippen molar-refractivity contribution in [1.82, 2.24) is 4.90 Å². The van der Waals surface area contributed by atoms with Crippen LogP contribution < -0.4 is 0 Å². The van der Waals surface area contributed by atoms with Gasteiger partial charge in [0, 0.05) is 25.2 Å². The number of hydrogen-bond acceptors (Lipinski definition) is 4. The van der Waals surface area contributed by atoms with Crippen molar-refractivity contribution in [2.45, 2.75) is 19.5 Å². The van der Waals surface area contributed by atoms with Crippen molar-refractivity contribution in [3.8, 4) is 0 Å². The molecule has 3 aromatic rings. The van der Waals surface area contributed by atoms with Crippen LogP contribution in [0.15, 0.2) is 77.4 Å².